The van der Waals surface area contributed by atoms with E-state index in [1.54, 1.807) is 12.3 Å². The van der Waals surface area contributed by atoms with Gasteiger partial charge in [-0.3, -0.25) is 4.79 Å². The van der Waals surface area contributed by atoms with E-state index in [4.69, 9.17) is 0 Å². The van der Waals surface area contributed by atoms with E-state index < -0.39 is 0 Å². The zero-order chi connectivity index (χ0) is 18.5. The summed E-state index contributed by atoms with van der Waals surface area (Å²) in [4.78, 5) is 19.6. The van der Waals surface area contributed by atoms with Gasteiger partial charge in [-0.25, -0.2) is 4.98 Å². The molecule has 27 heavy (non-hydrogen) atoms. The fourth-order valence-corrected chi connectivity index (χ4v) is 3.40. The van der Waals surface area contributed by atoms with Crippen LogP contribution in [0.1, 0.15) is 22.0 Å². The first-order chi connectivity index (χ1) is 13.3. The number of amides is 1. The van der Waals surface area contributed by atoms with Gasteiger partial charge < -0.3 is 15.5 Å². The minimum atomic E-state index is -0.140. The molecule has 5 nitrogen and oxygen atoms in total. The molecule has 0 spiro atoms. The number of para-hydroxylation sites is 1. The number of pyridine rings is 1. The van der Waals surface area contributed by atoms with Crippen molar-refractivity contribution in [3.8, 4) is 0 Å². The van der Waals surface area contributed by atoms with Crippen LogP contribution < -0.4 is 15.5 Å². The van der Waals surface area contributed by atoms with Gasteiger partial charge in [-0.2, -0.15) is 0 Å². The molecule has 1 fully saturated rings. The summed E-state index contributed by atoms with van der Waals surface area (Å²) in [6.07, 6.45) is 1.74. The van der Waals surface area contributed by atoms with E-state index in [1.807, 2.05) is 42.5 Å². The highest BCUT2D eigenvalue weighted by atomic mass is 16.1. The Morgan fingerprint density at radius 3 is 2.52 bits per heavy atom. The summed E-state index contributed by atoms with van der Waals surface area (Å²) in [6, 6.07) is 23.7. The van der Waals surface area contributed by atoms with E-state index in [-0.39, 0.29) is 11.9 Å². The third kappa shape index (κ3) is 3.99. The summed E-state index contributed by atoms with van der Waals surface area (Å²) in [5.41, 5.74) is 2.61. The third-order valence-electron chi connectivity index (χ3n) is 4.74. The van der Waals surface area contributed by atoms with Crippen molar-refractivity contribution in [1.29, 1.82) is 0 Å². The van der Waals surface area contributed by atoms with E-state index in [1.165, 1.54) is 5.56 Å². The van der Waals surface area contributed by atoms with Gasteiger partial charge in [0.05, 0.1) is 5.56 Å². The van der Waals surface area contributed by atoms with Crippen molar-refractivity contribution >= 4 is 17.4 Å². The largest absolute Gasteiger partial charge is 0.353 e. The lowest BCUT2D eigenvalue weighted by atomic mass is 10.0. The van der Waals surface area contributed by atoms with E-state index in [0.717, 1.165) is 31.1 Å². The third-order valence-corrected chi connectivity index (χ3v) is 4.74. The van der Waals surface area contributed by atoms with E-state index in [2.05, 4.69) is 44.8 Å². The van der Waals surface area contributed by atoms with Gasteiger partial charge in [0, 0.05) is 37.6 Å². The Kier molecular flexibility index (Phi) is 5.12. The summed E-state index contributed by atoms with van der Waals surface area (Å²) < 4.78 is 0. The average molecular weight is 358 g/mol. The maximum absolute atomic E-state index is 12.8. The zero-order valence-electron chi connectivity index (χ0n) is 15.0. The number of piperazine rings is 1. The first-order valence-corrected chi connectivity index (χ1v) is 9.16. The Labute approximate surface area is 159 Å². The van der Waals surface area contributed by atoms with Crippen LogP contribution in [0.5, 0.6) is 0 Å². The van der Waals surface area contributed by atoms with E-state index >= 15 is 0 Å². The van der Waals surface area contributed by atoms with Crippen LogP contribution in [-0.2, 0) is 0 Å². The van der Waals surface area contributed by atoms with Gasteiger partial charge in [0.25, 0.3) is 5.91 Å². The Morgan fingerprint density at radius 1 is 1.00 bits per heavy atom. The van der Waals surface area contributed by atoms with Crippen molar-refractivity contribution < 1.29 is 4.79 Å². The van der Waals surface area contributed by atoms with Crippen LogP contribution in [-0.4, -0.2) is 30.5 Å². The number of carbonyl (C=O) groups is 1. The van der Waals surface area contributed by atoms with Crippen molar-refractivity contribution in [2.45, 2.75) is 6.04 Å². The van der Waals surface area contributed by atoms with Gasteiger partial charge in [0.15, 0.2) is 0 Å². The summed E-state index contributed by atoms with van der Waals surface area (Å²) in [5, 5.41) is 6.51. The molecule has 0 radical (unpaired) electrons. The second-order valence-corrected chi connectivity index (χ2v) is 6.56. The van der Waals surface area contributed by atoms with E-state index in [9.17, 15) is 4.79 Å². The predicted molar refractivity (Wildman–Crippen MR) is 108 cm³/mol. The Bertz CT molecular complexity index is 898. The van der Waals surface area contributed by atoms with Crippen LogP contribution >= 0.6 is 0 Å². The van der Waals surface area contributed by atoms with Crippen molar-refractivity contribution in [1.82, 2.24) is 10.3 Å². The second-order valence-electron chi connectivity index (χ2n) is 6.56. The van der Waals surface area contributed by atoms with Gasteiger partial charge >= 0.3 is 0 Å². The van der Waals surface area contributed by atoms with Gasteiger partial charge in [0.2, 0.25) is 0 Å². The Hall–Kier alpha value is -3.18. The smallest absolute Gasteiger partial charge is 0.259 e. The topological polar surface area (TPSA) is 57.3 Å². The molecule has 5 heteroatoms. The molecule has 2 N–H and O–H groups in total. The number of anilines is 2. The molecular weight excluding hydrogens is 336 g/mol. The number of aromatic nitrogens is 1. The zero-order valence-corrected chi connectivity index (χ0v) is 15.0. The van der Waals surface area contributed by atoms with Crippen LogP contribution in [0, 0.1) is 0 Å². The number of benzene rings is 2. The summed E-state index contributed by atoms with van der Waals surface area (Å²) in [7, 11) is 0. The van der Waals surface area contributed by atoms with Crippen LogP contribution in [0.4, 0.5) is 11.5 Å². The maximum Gasteiger partial charge on any atom is 0.259 e. The number of nitrogens with one attached hydrogen (secondary N) is 2. The molecule has 0 aliphatic carbocycles. The normalized spacial score (nSPS) is 16.7. The fourth-order valence-electron chi connectivity index (χ4n) is 3.40. The second kappa shape index (κ2) is 8.01. The SMILES string of the molecule is O=C(Nc1ccccc1)c1cccnc1N1CCN[C@@H](c2ccccc2)C1. The summed E-state index contributed by atoms with van der Waals surface area (Å²) >= 11 is 0. The monoisotopic (exact) mass is 358 g/mol. The van der Waals surface area contributed by atoms with Gasteiger partial charge in [-0.05, 0) is 29.8 Å². The fraction of sp³-hybridized carbons (Fsp3) is 0.182. The highest BCUT2D eigenvalue weighted by molar-refractivity contribution is 6.07. The first-order valence-electron chi connectivity index (χ1n) is 9.16. The Balaban J connectivity index is 1.56. The van der Waals surface area contributed by atoms with Crippen LogP contribution in [0.2, 0.25) is 0 Å². The first kappa shape index (κ1) is 17.2. The molecule has 1 aromatic heterocycles. The number of carbonyl (C=O) groups excluding carboxylic acids is 1. The summed E-state index contributed by atoms with van der Waals surface area (Å²) in [5.74, 6) is 0.590. The number of rotatable bonds is 4. The molecule has 1 aliphatic heterocycles. The quantitative estimate of drug-likeness (QED) is 0.750. The van der Waals surface area contributed by atoms with Gasteiger partial charge in [-0.15, -0.1) is 0 Å². The molecular formula is C22H22N4O. The lowest BCUT2D eigenvalue weighted by molar-refractivity contribution is 0.102. The molecule has 136 valence electrons. The minimum Gasteiger partial charge on any atom is -0.353 e. The molecule has 2 heterocycles. The van der Waals surface area contributed by atoms with Crippen molar-refractivity contribution in [3.63, 3.8) is 0 Å². The van der Waals surface area contributed by atoms with Crippen molar-refractivity contribution in [2.75, 3.05) is 29.9 Å². The van der Waals surface area contributed by atoms with E-state index in [0.29, 0.717) is 5.56 Å². The molecule has 4 rings (SSSR count). The van der Waals surface area contributed by atoms with Crippen LogP contribution in [0.3, 0.4) is 0 Å². The molecule has 0 unspecified atom stereocenters. The number of hydrogen-bond donors (Lipinski definition) is 2. The van der Waals surface area contributed by atoms with Crippen LogP contribution in [0.25, 0.3) is 0 Å². The summed E-state index contributed by atoms with van der Waals surface area (Å²) in [6.45, 7) is 2.43. The molecule has 1 saturated heterocycles. The van der Waals surface area contributed by atoms with Gasteiger partial charge in [0.1, 0.15) is 5.82 Å². The maximum atomic E-state index is 12.8. The average Bonchev–Trinajstić information content (AvgIpc) is 2.75. The predicted octanol–water partition coefficient (Wildman–Crippen LogP) is 3.48. The lowest BCUT2D eigenvalue weighted by Crippen LogP contribution is -2.46. The van der Waals surface area contributed by atoms with Crippen molar-refractivity contribution in [3.05, 3.63) is 90.1 Å². The standard InChI is InChI=1S/C22H22N4O/c27-22(25-18-10-5-2-6-11-18)19-12-7-13-24-21(19)26-15-14-23-20(16-26)17-8-3-1-4-9-17/h1-13,20,23H,14-16H2,(H,25,27)/t20-/m1/s1. The Morgan fingerprint density at radius 2 is 1.74 bits per heavy atom. The highest BCUT2D eigenvalue weighted by Gasteiger charge is 2.25. The van der Waals surface area contributed by atoms with Crippen molar-refractivity contribution in [2.24, 2.45) is 0 Å². The number of nitrogens with zero attached hydrogens (tertiary/aromatic N) is 2. The molecule has 0 saturated carbocycles. The molecule has 2 aromatic carbocycles. The molecule has 0 bridgehead atoms. The minimum absolute atomic E-state index is 0.140. The number of hydrogen-bond acceptors (Lipinski definition) is 4. The molecule has 3 aromatic rings. The van der Waals surface area contributed by atoms with Crippen LogP contribution in [0.15, 0.2) is 79.0 Å². The highest BCUT2D eigenvalue weighted by Crippen LogP contribution is 2.24. The van der Waals surface area contributed by atoms with Gasteiger partial charge in [-0.1, -0.05) is 48.5 Å². The molecule has 1 amide bonds. The molecule has 1 atom stereocenters. The molecule has 1 aliphatic rings. The lowest BCUT2D eigenvalue weighted by Gasteiger charge is -2.35.